The van der Waals surface area contributed by atoms with Crippen LogP contribution in [0.15, 0.2) is 60.8 Å². The zero-order valence-electron chi connectivity index (χ0n) is 17.7. The van der Waals surface area contributed by atoms with Crippen molar-refractivity contribution in [1.82, 2.24) is 14.6 Å². The third-order valence-electron chi connectivity index (χ3n) is 4.98. The third-order valence-corrected chi connectivity index (χ3v) is 4.98. The van der Waals surface area contributed by atoms with Crippen molar-refractivity contribution < 1.29 is 4.79 Å². The highest BCUT2D eigenvalue weighted by Crippen LogP contribution is 2.26. The highest BCUT2D eigenvalue weighted by Gasteiger charge is 2.17. The van der Waals surface area contributed by atoms with Gasteiger partial charge in [0.25, 0.3) is 0 Å². The van der Waals surface area contributed by atoms with Crippen molar-refractivity contribution in [3.05, 3.63) is 83.0 Å². The maximum absolute atomic E-state index is 12.1. The lowest BCUT2D eigenvalue weighted by atomic mass is 10.1. The number of ketones is 1. The molecule has 6 nitrogen and oxygen atoms in total. The van der Waals surface area contributed by atoms with Crippen LogP contribution in [0.1, 0.15) is 34.0 Å². The SMILES string of the molecule is CC(=O)c1cnn2c(N(C)Cc3ccccc3)cc(Nc3cc(C)cc(C)c3)nc12. The predicted octanol–water partition coefficient (Wildman–Crippen LogP) is 4.93. The summed E-state index contributed by atoms with van der Waals surface area (Å²) in [6.45, 7) is 6.38. The molecule has 0 fully saturated rings. The number of rotatable bonds is 6. The van der Waals surface area contributed by atoms with E-state index in [1.165, 1.54) is 23.6 Å². The van der Waals surface area contributed by atoms with Gasteiger partial charge in [-0.3, -0.25) is 4.79 Å². The molecule has 2 aromatic heterocycles. The molecule has 0 aliphatic heterocycles. The maximum Gasteiger partial charge on any atom is 0.170 e. The molecule has 0 saturated carbocycles. The molecule has 0 amide bonds. The van der Waals surface area contributed by atoms with Gasteiger partial charge in [-0.05, 0) is 49.6 Å². The second-order valence-electron chi connectivity index (χ2n) is 7.69. The Labute approximate surface area is 176 Å². The predicted molar refractivity (Wildman–Crippen MR) is 121 cm³/mol. The lowest BCUT2D eigenvalue weighted by Crippen LogP contribution is -2.20. The minimum absolute atomic E-state index is 0.0577. The van der Waals surface area contributed by atoms with E-state index >= 15 is 0 Å². The Morgan fingerprint density at radius 3 is 2.43 bits per heavy atom. The van der Waals surface area contributed by atoms with Gasteiger partial charge in [-0.2, -0.15) is 9.61 Å². The molecule has 1 N–H and O–H groups in total. The molecule has 6 heteroatoms. The Morgan fingerprint density at radius 1 is 1.07 bits per heavy atom. The van der Waals surface area contributed by atoms with Crippen LogP contribution in [0.2, 0.25) is 0 Å². The van der Waals surface area contributed by atoms with Crippen LogP contribution in [-0.4, -0.2) is 27.4 Å². The van der Waals surface area contributed by atoms with Gasteiger partial charge in [0.1, 0.15) is 11.6 Å². The zero-order chi connectivity index (χ0) is 21.3. The topological polar surface area (TPSA) is 62.5 Å². The van der Waals surface area contributed by atoms with Crippen molar-refractivity contribution in [2.75, 3.05) is 17.3 Å². The molecule has 30 heavy (non-hydrogen) atoms. The van der Waals surface area contributed by atoms with Gasteiger partial charge >= 0.3 is 0 Å². The molecule has 2 heterocycles. The van der Waals surface area contributed by atoms with E-state index in [2.05, 4.69) is 59.5 Å². The molecule has 0 aliphatic rings. The van der Waals surface area contributed by atoms with Gasteiger partial charge in [0.15, 0.2) is 11.4 Å². The van der Waals surface area contributed by atoms with Gasteiger partial charge in [0, 0.05) is 25.3 Å². The number of aryl methyl sites for hydroxylation is 2. The number of aromatic nitrogens is 3. The average Bonchev–Trinajstić information content (AvgIpc) is 3.11. The second-order valence-corrected chi connectivity index (χ2v) is 7.69. The minimum atomic E-state index is -0.0577. The Kier molecular flexibility index (Phi) is 5.23. The van der Waals surface area contributed by atoms with Crippen LogP contribution in [-0.2, 0) is 6.54 Å². The summed E-state index contributed by atoms with van der Waals surface area (Å²) >= 11 is 0. The molecule has 152 valence electrons. The number of hydrogen-bond acceptors (Lipinski definition) is 5. The first-order chi connectivity index (χ1) is 14.4. The molecule has 0 radical (unpaired) electrons. The van der Waals surface area contributed by atoms with Crippen LogP contribution in [0, 0.1) is 13.8 Å². The van der Waals surface area contributed by atoms with Crippen molar-refractivity contribution in [3.8, 4) is 0 Å². The molecule has 2 aromatic carbocycles. The van der Waals surface area contributed by atoms with Crippen molar-refractivity contribution in [2.24, 2.45) is 0 Å². The number of carbonyl (C=O) groups is 1. The standard InChI is InChI=1S/C24H25N5O/c1-16-10-17(2)12-20(11-16)26-22-13-23(28(4)15-19-8-6-5-7-9-19)29-24(27-22)21(14-25-29)18(3)30/h5-14H,15H2,1-4H3,(H,26,27). The van der Waals surface area contributed by atoms with Crippen LogP contribution < -0.4 is 10.2 Å². The number of hydrogen-bond donors (Lipinski definition) is 1. The molecule has 0 atom stereocenters. The fraction of sp³-hybridized carbons (Fsp3) is 0.208. The molecule has 0 bridgehead atoms. The summed E-state index contributed by atoms with van der Waals surface area (Å²) in [5.74, 6) is 1.46. The number of fused-ring (bicyclic) bond motifs is 1. The van der Waals surface area contributed by atoms with E-state index in [1.807, 2.05) is 31.3 Å². The zero-order valence-corrected chi connectivity index (χ0v) is 17.7. The average molecular weight is 399 g/mol. The third kappa shape index (κ3) is 4.03. The largest absolute Gasteiger partial charge is 0.355 e. The molecule has 0 spiro atoms. The molecule has 0 aliphatic carbocycles. The fourth-order valence-corrected chi connectivity index (χ4v) is 3.66. The summed E-state index contributed by atoms with van der Waals surface area (Å²) in [6, 6.07) is 18.5. The van der Waals surface area contributed by atoms with Gasteiger partial charge < -0.3 is 10.2 Å². The minimum Gasteiger partial charge on any atom is -0.355 e. The molecule has 4 aromatic rings. The number of Topliss-reactive ketones (excluding diaryl/α,β-unsaturated/α-hetero) is 1. The van der Waals surface area contributed by atoms with Crippen LogP contribution in [0.5, 0.6) is 0 Å². The summed E-state index contributed by atoms with van der Waals surface area (Å²) in [7, 11) is 2.01. The van der Waals surface area contributed by atoms with E-state index in [9.17, 15) is 4.79 Å². The van der Waals surface area contributed by atoms with Crippen molar-refractivity contribution >= 4 is 28.8 Å². The lowest BCUT2D eigenvalue weighted by molar-refractivity contribution is 0.101. The highest BCUT2D eigenvalue weighted by molar-refractivity contribution is 6.00. The van der Waals surface area contributed by atoms with Crippen molar-refractivity contribution in [1.29, 1.82) is 0 Å². The lowest BCUT2D eigenvalue weighted by Gasteiger charge is -2.21. The number of nitrogens with one attached hydrogen (secondary N) is 1. The maximum atomic E-state index is 12.1. The van der Waals surface area contributed by atoms with Gasteiger partial charge in [0.2, 0.25) is 0 Å². The number of carbonyl (C=O) groups excluding carboxylic acids is 1. The Bertz CT molecular complexity index is 1190. The van der Waals surface area contributed by atoms with Crippen molar-refractivity contribution in [2.45, 2.75) is 27.3 Å². The summed E-state index contributed by atoms with van der Waals surface area (Å²) in [4.78, 5) is 18.9. The van der Waals surface area contributed by atoms with Crippen LogP contribution in [0.4, 0.5) is 17.3 Å². The Balaban J connectivity index is 1.78. The summed E-state index contributed by atoms with van der Waals surface area (Å²) in [6.07, 6.45) is 1.59. The van der Waals surface area contributed by atoms with E-state index in [0.717, 1.165) is 11.5 Å². The Hall–Kier alpha value is -3.67. The van der Waals surface area contributed by atoms with E-state index in [0.29, 0.717) is 23.6 Å². The monoisotopic (exact) mass is 399 g/mol. The quantitative estimate of drug-likeness (QED) is 0.466. The van der Waals surface area contributed by atoms with E-state index < -0.39 is 0 Å². The number of anilines is 3. The van der Waals surface area contributed by atoms with E-state index in [1.54, 1.807) is 10.7 Å². The molecule has 0 saturated heterocycles. The van der Waals surface area contributed by atoms with Gasteiger partial charge in [0.05, 0.1) is 11.8 Å². The van der Waals surface area contributed by atoms with Crippen LogP contribution in [0.3, 0.4) is 0 Å². The van der Waals surface area contributed by atoms with Gasteiger partial charge in [-0.15, -0.1) is 0 Å². The summed E-state index contributed by atoms with van der Waals surface area (Å²) in [5.41, 5.74) is 5.56. The summed E-state index contributed by atoms with van der Waals surface area (Å²) < 4.78 is 1.73. The van der Waals surface area contributed by atoms with Crippen LogP contribution in [0.25, 0.3) is 5.65 Å². The highest BCUT2D eigenvalue weighted by atomic mass is 16.1. The smallest absolute Gasteiger partial charge is 0.170 e. The van der Waals surface area contributed by atoms with E-state index in [4.69, 9.17) is 4.98 Å². The van der Waals surface area contributed by atoms with Gasteiger partial charge in [-0.1, -0.05) is 36.4 Å². The molecule has 0 unspecified atom stereocenters. The molecule has 4 rings (SSSR count). The number of benzene rings is 2. The first kappa shape index (κ1) is 19.6. The first-order valence-electron chi connectivity index (χ1n) is 9.91. The Morgan fingerprint density at radius 2 is 1.77 bits per heavy atom. The van der Waals surface area contributed by atoms with Crippen LogP contribution >= 0.6 is 0 Å². The second kappa shape index (κ2) is 7.99. The van der Waals surface area contributed by atoms with Gasteiger partial charge in [-0.25, -0.2) is 4.98 Å². The fourth-order valence-electron chi connectivity index (χ4n) is 3.66. The first-order valence-corrected chi connectivity index (χ1v) is 9.91. The normalized spacial score (nSPS) is 10.9. The summed E-state index contributed by atoms with van der Waals surface area (Å²) in [5, 5.41) is 7.85. The number of nitrogens with zero attached hydrogens (tertiary/aromatic N) is 4. The molecular weight excluding hydrogens is 374 g/mol. The van der Waals surface area contributed by atoms with Crippen molar-refractivity contribution in [3.63, 3.8) is 0 Å². The molecular formula is C24H25N5O. The van der Waals surface area contributed by atoms with E-state index in [-0.39, 0.29) is 5.78 Å².